The topological polar surface area (TPSA) is 47.2 Å². The summed E-state index contributed by atoms with van der Waals surface area (Å²) in [6.45, 7) is 1.99. The third kappa shape index (κ3) is 1.27. The van der Waals surface area contributed by atoms with Crippen LogP contribution in [-0.2, 0) is 6.42 Å². The first-order valence-electron chi connectivity index (χ1n) is 4.56. The predicted octanol–water partition coefficient (Wildman–Crippen LogP) is 1.74. The lowest BCUT2D eigenvalue weighted by atomic mass is 10.1. The summed E-state index contributed by atoms with van der Waals surface area (Å²) in [6, 6.07) is 6.99. The molecule has 72 valence electrons. The molecule has 0 aliphatic heterocycles. The Bertz CT molecular complexity index is 480. The highest BCUT2D eigenvalue weighted by Gasteiger charge is 2.09. The lowest BCUT2D eigenvalue weighted by molar-refractivity contribution is -0.577. The van der Waals surface area contributed by atoms with Gasteiger partial charge in [-0.3, -0.25) is 0 Å². The van der Waals surface area contributed by atoms with Gasteiger partial charge in [-0.25, -0.2) is 0 Å². The zero-order chi connectivity index (χ0) is 10.1. The molecule has 0 radical (unpaired) electrons. The molecule has 1 N–H and O–H groups in total. The zero-order valence-corrected chi connectivity index (χ0v) is 7.90. The van der Waals surface area contributed by atoms with E-state index in [0.29, 0.717) is 5.52 Å². The van der Waals surface area contributed by atoms with Gasteiger partial charge in [0.15, 0.2) is 11.9 Å². The minimum atomic E-state index is 0.0279. The van der Waals surface area contributed by atoms with E-state index in [1.807, 2.05) is 19.1 Å². The molecule has 0 saturated heterocycles. The van der Waals surface area contributed by atoms with Crippen molar-refractivity contribution in [3.63, 3.8) is 0 Å². The number of nitrogens with zero attached hydrogens (tertiary/aromatic N) is 1. The number of hydrogen-bond donors (Lipinski definition) is 1. The Morgan fingerprint density at radius 3 is 2.93 bits per heavy atom. The molecule has 14 heavy (non-hydrogen) atoms. The molecular weight excluding hydrogens is 178 g/mol. The molecule has 2 rings (SSSR count). The normalized spacial score (nSPS) is 10.6. The molecule has 0 atom stereocenters. The number of phenolic OH excluding ortho intramolecular Hbond substituents is 1. The maximum atomic E-state index is 11.5. The van der Waals surface area contributed by atoms with Gasteiger partial charge in [0.05, 0.1) is 5.39 Å². The van der Waals surface area contributed by atoms with E-state index in [4.69, 9.17) is 0 Å². The zero-order valence-electron chi connectivity index (χ0n) is 7.90. The number of aromatic nitrogens is 1. The number of pyridine rings is 1. The first kappa shape index (κ1) is 8.81. The molecule has 3 heteroatoms. The van der Waals surface area contributed by atoms with Crippen LogP contribution in [0.5, 0.6) is 5.75 Å². The molecule has 0 bridgehead atoms. The summed E-state index contributed by atoms with van der Waals surface area (Å²) >= 11 is 0. The molecular formula is C11H11NO2. The highest BCUT2D eigenvalue weighted by Crippen LogP contribution is 2.21. The van der Waals surface area contributed by atoms with Gasteiger partial charge >= 0.3 is 0 Å². The molecule has 0 unspecified atom stereocenters. The second-order valence-corrected chi connectivity index (χ2v) is 3.24. The van der Waals surface area contributed by atoms with Crippen molar-refractivity contribution in [2.75, 3.05) is 0 Å². The summed E-state index contributed by atoms with van der Waals surface area (Å²) in [6.07, 6.45) is 2.32. The van der Waals surface area contributed by atoms with Crippen molar-refractivity contribution in [3.05, 3.63) is 41.2 Å². The van der Waals surface area contributed by atoms with E-state index < -0.39 is 0 Å². The lowest BCUT2D eigenvalue weighted by Crippen LogP contribution is -2.27. The van der Waals surface area contributed by atoms with Crippen LogP contribution in [-0.4, -0.2) is 5.11 Å². The summed E-state index contributed by atoms with van der Waals surface area (Å²) in [7, 11) is 0. The number of benzene rings is 1. The van der Waals surface area contributed by atoms with Crippen molar-refractivity contribution in [1.82, 2.24) is 0 Å². The van der Waals surface area contributed by atoms with Gasteiger partial charge < -0.3 is 10.3 Å². The van der Waals surface area contributed by atoms with E-state index in [-0.39, 0.29) is 5.75 Å². The maximum Gasteiger partial charge on any atom is 0.265 e. The Morgan fingerprint density at radius 2 is 2.21 bits per heavy atom. The van der Waals surface area contributed by atoms with Gasteiger partial charge in [0.2, 0.25) is 0 Å². The number of fused-ring (bicyclic) bond motifs is 1. The lowest BCUT2D eigenvalue weighted by Gasteiger charge is -2.04. The monoisotopic (exact) mass is 189 g/mol. The molecule has 0 aliphatic rings. The molecule has 1 heterocycles. The van der Waals surface area contributed by atoms with E-state index in [1.54, 1.807) is 6.07 Å². The standard InChI is InChI=1S/C11H11NO2/c1-2-8-6-9-4-3-5-10(13)11(9)12(14)7-8/h3-7,13H,2H2,1H3. The van der Waals surface area contributed by atoms with Gasteiger partial charge in [-0.1, -0.05) is 13.0 Å². The Balaban J connectivity index is 2.83. The third-order valence-electron chi connectivity index (χ3n) is 2.30. The van der Waals surface area contributed by atoms with Crippen LogP contribution in [0.15, 0.2) is 30.5 Å². The van der Waals surface area contributed by atoms with Crippen molar-refractivity contribution < 1.29 is 9.84 Å². The average Bonchev–Trinajstić information content (AvgIpc) is 2.17. The van der Waals surface area contributed by atoms with E-state index >= 15 is 0 Å². The van der Waals surface area contributed by atoms with Gasteiger partial charge in [-0.05, 0) is 24.6 Å². The Hall–Kier alpha value is -1.77. The van der Waals surface area contributed by atoms with Gasteiger partial charge in [0.1, 0.15) is 0 Å². The summed E-state index contributed by atoms with van der Waals surface area (Å²) in [5.74, 6) is 0.0279. The molecule has 2 aromatic rings. The van der Waals surface area contributed by atoms with Gasteiger partial charge in [0.25, 0.3) is 5.52 Å². The van der Waals surface area contributed by atoms with E-state index in [0.717, 1.165) is 22.1 Å². The van der Waals surface area contributed by atoms with E-state index in [2.05, 4.69) is 0 Å². The van der Waals surface area contributed by atoms with Crippen LogP contribution < -0.4 is 4.73 Å². The Labute approximate surface area is 81.8 Å². The van der Waals surface area contributed by atoms with Crippen molar-refractivity contribution in [2.45, 2.75) is 13.3 Å². The molecule has 1 aromatic carbocycles. The van der Waals surface area contributed by atoms with Gasteiger partial charge in [0, 0.05) is 5.56 Å². The molecule has 0 spiro atoms. The minimum Gasteiger partial charge on any atom is -0.618 e. The Morgan fingerprint density at radius 1 is 1.43 bits per heavy atom. The van der Waals surface area contributed by atoms with Crippen LogP contribution in [0.4, 0.5) is 0 Å². The molecule has 1 aromatic heterocycles. The quantitative estimate of drug-likeness (QED) is 0.548. The molecule has 0 saturated carbocycles. The fraction of sp³-hybridized carbons (Fsp3) is 0.182. The molecule has 3 nitrogen and oxygen atoms in total. The highest BCUT2D eigenvalue weighted by atomic mass is 16.5. The molecule has 0 fully saturated rings. The van der Waals surface area contributed by atoms with Gasteiger partial charge in [-0.2, -0.15) is 4.73 Å². The van der Waals surface area contributed by atoms with Crippen molar-refractivity contribution in [3.8, 4) is 5.75 Å². The summed E-state index contributed by atoms with van der Waals surface area (Å²) in [5.41, 5.74) is 1.31. The van der Waals surface area contributed by atoms with Crippen molar-refractivity contribution >= 4 is 10.9 Å². The third-order valence-corrected chi connectivity index (χ3v) is 2.30. The van der Waals surface area contributed by atoms with Crippen LogP contribution in [0, 0.1) is 5.21 Å². The molecule has 0 amide bonds. The Kier molecular flexibility index (Phi) is 2.00. The smallest absolute Gasteiger partial charge is 0.265 e. The highest BCUT2D eigenvalue weighted by molar-refractivity contribution is 5.81. The van der Waals surface area contributed by atoms with E-state index in [9.17, 15) is 10.3 Å². The predicted molar refractivity (Wildman–Crippen MR) is 54.0 cm³/mol. The number of rotatable bonds is 1. The van der Waals surface area contributed by atoms with Crippen molar-refractivity contribution in [1.29, 1.82) is 0 Å². The van der Waals surface area contributed by atoms with Crippen molar-refractivity contribution in [2.24, 2.45) is 0 Å². The first-order valence-corrected chi connectivity index (χ1v) is 4.56. The van der Waals surface area contributed by atoms with Crippen LogP contribution in [0.3, 0.4) is 0 Å². The van der Waals surface area contributed by atoms with Crippen LogP contribution in [0.1, 0.15) is 12.5 Å². The number of hydrogen-bond acceptors (Lipinski definition) is 2. The number of aryl methyl sites for hydroxylation is 1. The molecule has 0 aliphatic carbocycles. The van der Waals surface area contributed by atoms with Crippen LogP contribution in [0.2, 0.25) is 0 Å². The maximum absolute atomic E-state index is 11.5. The first-order chi connectivity index (χ1) is 6.72. The largest absolute Gasteiger partial charge is 0.618 e. The SMILES string of the molecule is CCc1cc2cccc(O)c2[n+]([O-])c1. The summed E-state index contributed by atoms with van der Waals surface area (Å²) in [5, 5.41) is 21.8. The average molecular weight is 189 g/mol. The minimum absolute atomic E-state index is 0.0279. The number of aromatic hydroxyl groups is 1. The fourth-order valence-corrected chi connectivity index (χ4v) is 1.55. The number of para-hydroxylation sites is 1. The van der Waals surface area contributed by atoms with Gasteiger partial charge in [-0.15, -0.1) is 0 Å². The summed E-state index contributed by atoms with van der Waals surface area (Å²) < 4.78 is 0.726. The second kappa shape index (κ2) is 3.18. The second-order valence-electron chi connectivity index (χ2n) is 3.24. The van der Waals surface area contributed by atoms with E-state index in [1.165, 1.54) is 12.3 Å². The number of phenols is 1. The summed E-state index contributed by atoms with van der Waals surface area (Å²) in [4.78, 5) is 0. The van der Waals surface area contributed by atoms with Crippen LogP contribution >= 0.6 is 0 Å². The fourth-order valence-electron chi connectivity index (χ4n) is 1.55. The van der Waals surface area contributed by atoms with Crippen LogP contribution in [0.25, 0.3) is 10.9 Å².